The van der Waals surface area contributed by atoms with Crippen molar-refractivity contribution in [2.75, 3.05) is 24.3 Å². The molecule has 1 aromatic heterocycles. The maximum Gasteiger partial charge on any atom is 0.274 e. The summed E-state index contributed by atoms with van der Waals surface area (Å²) in [5.41, 5.74) is 12.3. The van der Waals surface area contributed by atoms with Crippen molar-refractivity contribution >= 4 is 28.5 Å². The average Bonchev–Trinajstić information content (AvgIpc) is 3.01. The second-order valence-electron chi connectivity index (χ2n) is 7.12. The Kier molecular flexibility index (Phi) is 4.60. The van der Waals surface area contributed by atoms with Gasteiger partial charge < -0.3 is 21.5 Å². The van der Waals surface area contributed by atoms with E-state index in [1.807, 2.05) is 6.92 Å². The third kappa shape index (κ3) is 3.05. The lowest BCUT2D eigenvalue weighted by Gasteiger charge is -2.41. The molecule has 3 heterocycles. The molecule has 5 N–H and O–H groups in total. The first-order valence-electron chi connectivity index (χ1n) is 8.72. The van der Waals surface area contributed by atoms with Crippen LogP contribution in [0.1, 0.15) is 21.6 Å². The van der Waals surface area contributed by atoms with E-state index in [1.165, 1.54) is 23.9 Å². The van der Waals surface area contributed by atoms with Crippen molar-refractivity contribution in [3.05, 3.63) is 59.2 Å². The van der Waals surface area contributed by atoms with Crippen LogP contribution < -0.4 is 16.8 Å². The maximum absolute atomic E-state index is 14.8. The summed E-state index contributed by atoms with van der Waals surface area (Å²) in [6, 6.07) is 7.75. The Morgan fingerprint density at radius 2 is 2.14 bits per heavy atom. The van der Waals surface area contributed by atoms with Crippen LogP contribution in [0.15, 0.2) is 41.5 Å². The third-order valence-electron chi connectivity index (χ3n) is 5.09. The highest BCUT2D eigenvalue weighted by molar-refractivity contribution is 8.13. The standard InChI is InChI=1S/C19H20FN5O2S/c1-11-2-5-15(23-7-11)16(26)24-12-3-4-14(20)13(6-12)19-9-27-8-18(19,22)10-28-17(21)25-19/h2-7H,8-10,22H2,1H3,(H2,21,25)(H,24,26)/t18-,19-/m1/s1. The minimum absolute atomic E-state index is 0.124. The van der Waals surface area contributed by atoms with Gasteiger partial charge in [-0.3, -0.25) is 9.78 Å². The summed E-state index contributed by atoms with van der Waals surface area (Å²) in [5, 5.41) is 3.09. The van der Waals surface area contributed by atoms with Gasteiger partial charge in [-0.2, -0.15) is 0 Å². The quantitative estimate of drug-likeness (QED) is 0.722. The number of thioether (sulfide) groups is 1. The molecule has 1 amide bonds. The molecule has 0 aliphatic carbocycles. The molecule has 2 aliphatic rings. The van der Waals surface area contributed by atoms with Crippen molar-refractivity contribution in [2.24, 2.45) is 16.5 Å². The molecule has 1 fully saturated rings. The lowest BCUT2D eigenvalue weighted by molar-refractivity contribution is 0.102. The van der Waals surface area contributed by atoms with Crippen LogP contribution in [0, 0.1) is 12.7 Å². The van der Waals surface area contributed by atoms with E-state index in [0.29, 0.717) is 16.6 Å². The number of fused-ring (bicyclic) bond motifs is 1. The molecule has 28 heavy (non-hydrogen) atoms. The first kappa shape index (κ1) is 18.9. The van der Waals surface area contributed by atoms with Crippen molar-refractivity contribution < 1.29 is 13.9 Å². The normalized spacial score (nSPS) is 26.5. The van der Waals surface area contributed by atoms with Crippen LogP contribution in [0.2, 0.25) is 0 Å². The molecule has 9 heteroatoms. The van der Waals surface area contributed by atoms with Gasteiger partial charge in [-0.15, -0.1) is 0 Å². The Morgan fingerprint density at radius 1 is 1.32 bits per heavy atom. The predicted molar refractivity (Wildman–Crippen MR) is 107 cm³/mol. The number of carbonyl (C=O) groups excluding carboxylic acids is 1. The summed E-state index contributed by atoms with van der Waals surface area (Å²) in [4.78, 5) is 21.1. The number of nitrogens with one attached hydrogen (secondary N) is 1. The molecule has 2 atom stereocenters. The van der Waals surface area contributed by atoms with Crippen molar-refractivity contribution in [1.29, 1.82) is 0 Å². The monoisotopic (exact) mass is 401 g/mol. The average molecular weight is 401 g/mol. The number of aryl methyl sites for hydroxylation is 1. The van der Waals surface area contributed by atoms with Crippen molar-refractivity contribution in [3.63, 3.8) is 0 Å². The van der Waals surface area contributed by atoms with E-state index >= 15 is 0 Å². The maximum atomic E-state index is 14.8. The number of halogens is 1. The van der Waals surface area contributed by atoms with Gasteiger partial charge in [-0.25, -0.2) is 9.38 Å². The number of amidine groups is 1. The second-order valence-corrected chi connectivity index (χ2v) is 8.11. The summed E-state index contributed by atoms with van der Waals surface area (Å²) >= 11 is 1.33. The molecule has 2 aliphatic heterocycles. The minimum atomic E-state index is -1.13. The van der Waals surface area contributed by atoms with Crippen molar-refractivity contribution in [3.8, 4) is 0 Å². The molecule has 0 radical (unpaired) electrons. The first-order valence-corrected chi connectivity index (χ1v) is 9.70. The fourth-order valence-electron chi connectivity index (χ4n) is 3.50. The third-order valence-corrected chi connectivity index (χ3v) is 6.13. The molecular formula is C19H20FN5O2S. The first-order chi connectivity index (χ1) is 13.3. The van der Waals surface area contributed by atoms with E-state index < -0.39 is 16.9 Å². The van der Waals surface area contributed by atoms with Gasteiger partial charge in [0, 0.05) is 23.2 Å². The number of aliphatic imine (C=N–C) groups is 1. The fraction of sp³-hybridized carbons (Fsp3) is 0.316. The molecule has 0 spiro atoms. The summed E-state index contributed by atoms with van der Waals surface area (Å²) in [7, 11) is 0. The number of benzene rings is 1. The number of nitrogens with two attached hydrogens (primary N) is 2. The highest BCUT2D eigenvalue weighted by Gasteiger charge is 2.58. The Morgan fingerprint density at radius 3 is 2.89 bits per heavy atom. The van der Waals surface area contributed by atoms with Gasteiger partial charge in [0.1, 0.15) is 17.1 Å². The molecule has 0 bridgehead atoms. The van der Waals surface area contributed by atoms with Crippen LogP contribution >= 0.6 is 11.8 Å². The number of amides is 1. The molecule has 1 aromatic carbocycles. The molecule has 7 nitrogen and oxygen atoms in total. The van der Waals surface area contributed by atoms with E-state index in [2.05, 4.69) is 15.3 Å². The number of rotatable bonds is 3. The van der Waals surface area contributed by atoms with Gasteiger partial charge in [0.05, 0.1) is 18.8 Å². The van der Waals surface area contributed by atoms with Crippen LogP contribution in [0.25, 0.3) is 0 Å². The zero-order valence-electron chi connectivity index (χ0n) is 15.2. The Bertz CT molecular complexity index is 967. The number of hydrogen-bond acceptors (Lipinski definition) is 7. The molecule has 2 aromatic rings. The zero-order valence-corrected chi connectivity index (χ0v) is 16.1. The number of aromatic nitrogens is 1. The topological polar surface area (TPSA) is 116 Å². The van der Waals surface area contributed by atoms with Gasteiger partial charge in [-0.1, -0.05) is 17.8 Å². The summed E-state index contributed by atoms with van der Waals surface area (Å²) in [6.07, 6.45) is 1.61. The van der Waals surface area contributed by atoms with E-state index in [9.17, 15) is 9.18 Å². The Balaban J connectivity index is 1.70. The van der Waals surface area contributed by atoms with E-state index in [4.69, 9.17) is 16.2 Å². The molecular weight excluding hydrogens is 381 g/mol. The van der Waals surface area contributed by atoms with Crippen LogP contribution in [-0.4, -0.2) is 40.6 Å². The number of ether oxygens (including phenoxy) is 1. The summed E-state index contributed by atoms with van der Waals surface area (Å²) in [5.74, 6) is -0.403. The van der Waals surface area contributed by atoms with Gasteiger partial charge in [0.2, 0.25) is 0 Å². The van der Waals surface area contributed by atoms with Crippen LogP contribution in [-0.2, 0) is 10.3 Å². The fourth-order valence-corrected chi connectivity index (χ4v) is 4.44. The van der Waals surface area contributed by atoms with Gasteiger partial charge in [0.25, 0.3) is 5.91 Å². The molecule has 146 valence electrons. The lowest BCUT2D eigenvalue weighted by Crippen LogP contribution is -2.61. The lowest BCUT2D eigenvalue weighted by atomic mass is 9.76. The smallest absolute Gasteiger partial charge is 0.274 e. The van der Waals surface area contributed by atoms with Gasteiger partial charge in [0.15, 0.2) is 5.17 Å². The summed E-state index contributed by atoms with van der Waals surface area (Å²) in [6.45, 7) is 2.26. The predicted octanol–water partition coefficient (Wildman–Crippen LogP) is 1.77. The number of pyridine rings is 1. The van der Waals surface area contributed by atoms with Gasteiger partial charge >= 0.3 is 0 Å². The summed E-state index contributed by atoms with van der Waals surface area (Å²) < 4.78 is 20.4. The Hall–Kier alpha value is -2.49. The number of anilines is 1. The van der Waals surface area contributed by atoms with Crippen LogP contribution in [0.5, 0.6) is 0 Å². The van der Waals surface area contributed by atoms with Crippen LogP contribution in [0.4, 0.5) is 10.1 Å². The Labute approximate surface area is 165 Å². The van der Waals surface area contributed by atoms with Gasteiger partial charge in [-0.05, 0) is 36.8 Å². The molecule has 0 saturated carbocycles. The SMILES string of the molecule is Cc1ccc(C(=O)Nc2ccc(F)c([C@]34COC[C@@]3(N)CSC(N)=N4)c2)nc1. The highest BCUT2D eigenvalue weighted by Crippen LogP contribution is 2.47. The minimum Gasteiger partial charge on any atom is -0.379 e. The molecule has 1 saturated heterocycles. The second kappa shape index (κ2) is 6.84. The zero-order chi connectivity index (χ0) is 19.9. The van der Waals surface area contributed by atoms with E-state index in [-0.39, 0.29) is 30.4 Å². The molecule has 4 rings (SSSR count). The number of carbonyl (C=O) groups is 1. The largest absolute Gasteiger partial charge is 0.379 e. The molecule has 0 unspecified atom stereocenters. The number of nitrogens with zero attached hydrogens (tertiary/aromatic N) is 2. The highest BCUT2D eigenvalue weighted by atomic mass is 32.2. The van der Waals surface area contributed by atoms with E-state index in [0.717, 1.165) is 5.56 Å². The van der Waals surface area contributed by atoms with Crippen molar-refractivity contribution in [1.82, 2.24) is 4.98 Å². The number of hydrogen-bond donors (Lipinski definition) is 3. The van der Waals surface area contributed by atoms with E-state index in [1.54, 1.807) is 24.4 Å². The van der Waals surface area contributed by atoms with Crippen molar-refractivity contribution in [2.45, 2.75) is 18.0 Å². The van der Waals surface area contributed by atoms with Crippen LogP contribution in [0.3, 0.4) is 0 Å².